The fourth-order valence-corrected chi connectivity index (χ4v) is 5.71. The van der Waals surface area contributed by atoms with E-state index < -0.39 is 59.5 Å². The van der Waals surface area contributed by atoms with Crippen LogP contribution in [0.2, 0.25) is 0 Å². The first-order valence-corrected chi connectivity index (χ1v) is 15.9. The Kier molecular flexibility index (Phi) is 15.7. The highest BCUT2D eigenvalue weighted by molar-refractivity contribution is 5.80. The monoisotopic (exact) mass is 659 g/mol. The number of ether oxygens (including phenoxy) is 3. The molecular formula is C36H53NO10. The number of allylic oxidation sites excluding steroid dienone is 9. The molecule has 0 bridgehead atoms. The Morgan fingerprint density at radius 3 is 2.30 bits per heavy atom. The fraction of sp³-hybridized carbons (Fsp3) is 0.556. The van der Waals surface area contributed by atoms with Crippen LogP contribution in [0.15, 0.2) is 84.6 Å². The van der Waals surface area contributed by atoms with Crippen molar-refractivity contribution in [2.45, 2.75) is 96.5 Å². The van der Waals surface area contributed by atoms with Gasteiger partial charge in [0.25, 0.3) is 0 Å². The third kappa shape index (κ3) is 10.7. The number of rotatable bonds is 15. The van der Waals surface area contributed by atoms with Gasteiger partial charge in [-0.2, -0.15) is 0 Å². The number of methoxy groups -OCH3 is 1. The van der Waals surface area contributed by atoms with Crippen LogP contribution in [0.3, 0.4) is 0 Å². The van der Waals surface area contributed by atoms with E-state index in [2.05, 4.69) is 5.32 Å². The number of aliphatic carboxylic acids is 1. The van der Waals surface area contributed by atoms with Crippen LogP contribution >= 0.6 is 0 Å². The molecule has 0 saturated carbocycles. The third-order valence-corrected chi connectivity index (χ3v) is 8.85. The summed E-state index contributed by atoms with van der Waals surface area (Å²) < 4.78 is 17.7. The largest absolute Gasteiger partial charge is 0.478 e. The van der Waals surface area contributed by atoms with Gasteiger partial charge in [-0.25, -0.2) is 4.79 Å². The molecule has 0 aromatic heterocycles. The van der Waals surface area contributed by atoms with Gasteiger partial charge in [0.05, 0.1) is 36.4 Å². The summed E-state index contributed by atoms with van der Waals surface area (Å²) in [5.74, 6) is -5.19. The number of carbonyl (C=O) groups excluding carboxylic acids is 1. The van der Waals surface area contributed by atoms with Crippen LogP contribution in [0.4, 0.5) is 0 Å². The molecule has 1 amide bonds. The number of hydrogen-bond acceptors (Lipinski definition) is 9. The Morgan fingerprint density at radius 1 is 1.00 bits per heavy atom. The molecule has 47 heavy (non-hydrogen) atoms. The SMILES string of the molecule is C/C=C\C=C\[C@@H]1O[C@](O)([C@H](C)C(=O)NC/C=C/C=C(\C)[C@@H](OC)[C@@H](C)[C@H]2C[C@@H](O)[C@H](/C=C/C=C/C=C/C(=O)O)O2)[C@H](O)[C@H](O)C1(C)C. The van der Waals surface area contributed by atoms with E-state index in [0.29, 0.717) is 6.42 Å². The Bertz CT molecular complexity index is 1250. The van der Waals surface area contributed by atoms with Gasteiger partial charge in [-0.15, -0.1) is 0 Å². The van der Waals surface area contributed by atoms with E-state index in [1.165, 1.54) is 13.0 Å². The molecule has 2 saturated heterocycles. The summed E-state index contributed by atoms with van der Waals surface area (Å²) in [7, 11) is 1.60. The van der Waals surface area contributed by atoms with Gasteiger partial charge in [0, 0.05) is 37.5 Å². The molecule has 11 nitrogen and oxygen atoms in total. The van der Waals surface area contributed by atoms with Crippen molar-refractivity contribution in [1.82, 2.24) is 5.32 Å². The molecule has 2 rings (SSSR count). The zero-order valence-electron chi connectivity index (χ0n) is 28.4. The number of carbonyl (C=O) groups is 2. The van der Waals surface area contributed by atoms with E-state index in [0.717, 1.165) is 11.6 Å². The lowest BCUT2D eigenvalue weighted by Crippen LogP contribution is -2.68. The quantitative estimate of drug-likeness (QED) is 0.113. The minimum absolute atomic E-state index is 0.0908. The molecule has 0 aromatic rings. The first kappa shape index (κ1) is 40.0. The third-order valence-electron chi connectivity index (χ3n) is 8.85. The van der Waals surface area contributed by atoms with Crippen molar-refractivity contribution >= 4 is 11.9 Å². The highest BCUT2D eigenvalue weighted by Gasteiger charge is 2.59. The Balaban J connectivity index is 1.97. The van der Waals surface area contributed by atoms with Crippen molar-refractivity contribution in [3.63, 3.8) is 0 Å². The molecule has 2 heterocycles. The predicted octanol–water partition coefficient (Wildman–Crippen LogP) is 3.13. The lowest BCUT2D eigenvalue weighted by molar-refractivity contribution is -0.357. The fourth-order valence-electron chi connectivity index (χ4n) is 5.71. The molecule has 2 fully saturated rings. The predicted molar refractivity (Wildman–Crippen MR) is 179 cm³/mol. The number of carboxylic acid groups (broad SMARTS) is 1. The van der Waals surface area contributed by atoms with Crippen LogP contribution in [-0.2, 0) is 23.8 Å². The number of carboxylic acids is 1. The summed E-state index contributed by atoms with van der Waals surface area (Å²) in [5, 5.41) is 54.8. The molecule has 10 atom stereocenters. The number of amides is 1. The van der Waals surface area contributed by atoms with Gasteiger partial charge in [0.15, 0.2) is 0 Å². The Morgan fingerprint density at radius 2 is 1.66 bits per heavy atom. The molecule has 11 heteroatoms. The molecule has 6 N–H and O–H groups in total. The second kappa shape index (κ2) is 18.4. The van der Waals surface area contributed by atoms with Crippen LogP contribution in [-0.4, -0.2) is 99.6 Å². The topological polar surface area (TPSA) is 175 Å². The average Bonchev–Trinajstić information content (AvgIpc) is 3.40. The minimum Gasteiger partial charge on any atom is -0.478 e. The van der Waals surface area contributed by atoms with Gasteiger partial charge in [0.2, 0.25) is 11.7 Å². The summed E-state index contributed by atoms with van der Waals surface area (Å²) in [6.07, 6.45) is 16.3. The molecular weight excluding hydrogens is 606 g/mol. The minimum atomic E-state index is -2.31. The van der Waals surface area contributed by atoms with Crippen molar-refractivity contribution in [2.24, 2.45) is 17.3 Å². The summed E-state index contributed by atoms with van der Waals surface area (Å²) in [6.45, 7) is 10.8. The average molecular weight is 660 g/mol. The smallest absolute Gasteiger partial charge is 0.328 e. The Labute approximate surface area is 278 Å². The van der Waals surface area contributed by atoms with Crippen LogP contribution in [0.1, 0.15) is 48.0 Å². The molecule has 0 aliphatic carbocycles. The summed E-state index contributed by atoms with van der Waals surface area (Å²) >= 11 is 0. The van der Waals surface area contributed by atoms with Crippen molar-refractivity contribution in [2.75, 3.05) is 13.7 Å². The van der Waals surface area contributed by atoms with Crippen LogP contribution < -0.4 is 5.32 Å². The van der Waals surface area contributed by atoms with Gasteiger partial charge in [0.1, 0.15) is 12.2 Å². The van der Waals surface area contributed by atoms with E-state index in [9.17, 15) is 30.0 Å². The van der Waals surface area contributed by atoms with E-state index in [1.54, 1.807) is 75.6 Å². The zero-order chi connectivity index (χ0) is 35.4. The lowest BCUT2D eigenvalue weighted by Gasteiger charge is -2.52. The molecule has 2 aliphatic heterocycles. The maximum Gasteiger partial charge on any atom is 0.328 e. The zero-order valence-corrected chi connectivity index (χ0v) is 28.4. The van der Waals surface area contributed by atoms with E-state index in [-0.39, 0.29) is 24.7 Å². The number of aliphatic hydroxyl groups excluding tert-OH is 3. The van der Waals surface area contributed by atoms with Crippen LogP contribution in [0, 0.1) is 17.3 Å². The second-order valence-electron chi connectivity index (χ2n) is 12.6. The van der Waals surface area contributed by atoms with Gasteiger partial charge in [-0.05, 0) is 26.3 Å². The van der Waals surface area contributed by atoms with E-state index in [4.69, 9.17) is 19.3 Å². The number of aliphatic hydroxyl groups is 4. The van der Waals surface area contributed by atoms with Gasteiger partial charge in [-0.3, -0.25) is 4.79 Å². The first-order valence-electron chi connectivity index (χ1n) is 15.9. The highest BCUT2D eigenvalue weighted by atomic mass is 16.7. The molecule has 2 aliphatic rings. The van der Waals surface area contributed by atoms with Crippen molar-refractivity contribution in [3.05, 3.63) is 84.6 Å². The maximum atomic E-state index is 13.0. The van der Waals surface area contributed by atoms with Gasteiger partial charge >= 0.3 is 5.97 Å². The summed E-state index contributed by atoms with van der Waals surface area (Å²) in [4.78, 5) is 23.5. The molecule has 262 valence electrons. The normalized spacial score (nSPS) is 32.4. The van der Waals surface area contributed by atoms with Crippen molar-refractivity contribution in [1.29, 1.82) is 0 Å². The number of nitrogens with one attached hydrogen (secondary N) is 1. The van der Waals surface area contributed by atoms with Gasteiger partial charge < -0.3 is 45.1 Å². The van der Waals surface area contributed by atoms with Crippen LogP contribution in [0.5, 0.6) is 0 Å². The highest BCUT2D eigenvalue weighted by Crippen LogP contribution is 2.43. The van der Waals surface area contributed by atoms with E-state index in [1.807, 2.05) is 32.9 Å². The standard InChI is InChI=1S/C36H53NO10/c1-8-9-12-19-29-35(5,6)32(41)33(42)36(44,47-29)25(4)34(43)37-21-16-15-17-23(2)31(45-7)24(3)28-22-26(38)27(46-28)18-13-10-11-14-20-30(39)40/h8-20,24-29,31-33,38,41-42,44H,21-22H2,1-7H3,(H,37,43)(H,39,40)/b9-8-,11-10+,16-15+,18-13+,19-12+,20-14+,23-17+/t24-,25+,26+,27-,28+,29-,31+,32-,33+,36+/m0/s1. The lowest BCUT2D eigenvalue weighted by atomic mass is 9.71. The number of hydrogen-bond donors (Lipinski definition) is 6. The molecule has 0 aromatic carbocycles. The molecule has 0 radical (unpaired) electrons. The summed E-state index contributed by atoms with van der Waals surface area (Å²) in [6, 6.07) is 0. The second-order valence-corrected chi connectivity index (χ2v) is 12.6. The van der Waals surface area contributed by atoms with Crippen molar-refractivity contribution in [3.8, 4) is 0 Å². The van der Waals surface area contributed by atoms with Crippen molar-refractivity contribution < 1.29 is 49.3 Å². The first-order chi connectivity index (χ1) is 22.1. The molecule has 0 spiro atoms. The summed E-state index contributed by atoms with van der Waals surface area (Å²) in [5.41, 5.74) is -0.0172. The Hall–Kier alpha value is -3.16. The van der Waals surface area contributed by atoms with E-state index >= 15 is 0 Å². The molecule has 0 unspecified atom stereocenters. The van der Waals surface area contributed by atoms with Crippen LogP contribution in [0.25, 0.3) is 0 Å². The van der Waals surface area contributed by atoms with Gasteiger partial charge in [-0.1, -0.05) is 93.7 Å². The maximum absolute atomic E-state index is 13.0.